The molecule has 0 bridgehead atoms. The van der Waals surface area contributed by atoms with Gasteiger partial charge in [-0.05, 0) is 61.7 Å². The molecule has 31 heavy (non-hydrogen) atoms. The van der Waals surface area contributed by atoms with E-state index in [0.29, 0.717) is 38.2 Å². The molecule has 0 spiro atoms. The zero-order valence-electron chi connectivity index (χ0n) is 19.0. The second-order valence-electron chi connectivity index (χ2n) is 8.38. The summed E-state index contributed by atoms with van der Waals surface area (Å²) < 4.78 is 6.91. The van der Waals surface area contributed by atoms with Crippen LogP contribution in [0.15, 0.2) is 24.3 Å². The molecule has 0 saturated carbocycles. The number of ether oxygens (including phenoxy) is 1. The van der Waals surface area contributed by atoms with E-state index in [2.05, 4.69) is 15.5 Å². The highest BCUT2D eigenvalue weighted by Gasteiger charge is 2.34. The first-order valence-corrected chi connectivity index (χ1v) is 10.7. The van der Waals surface area contributed by atoms with Crippen LogP contribution in [0.1, 0.15) is 44.1 Å². The van der Waals surface area contributed by atoms with E-state index < -0.39 is 6.04 Å². The highest BCUT2D eigenvalue weighted by atomic mass is 16.5. The second-order valence-corrected chi connectivity index (χ2v) is 8.38. The van der Waals surface area contributed by atoms with Crippen LogP contribution in [0, 0.1) is 12.8 Å². The standard InChI is InChI=1S/C22H32N6O3/c1-15(2)26(4)21(29)18-9-11-27(12-10-18)22(30)20(28-16(3)23-24-25-28)14-17-7-6-8-19(13-17)31-5/h6-8,13,15,18,20H,9-12,14H2,1-5H3. The van der Waals surface area contributed by atoms with Gasteiger partial charge in [0.15, 0.2) is 0 Å². The molecule has 2 amide bonds. The topological polar surface area (TPSA) is 93.5 Å². The molecule has 9 heteroatoms. The lowest BCUT2D eigenvalue weighted by Gasteiger charge is -2.35. The molecule has 168 valence electrons. The first kappa shape index (κ1) is 22.7. The van der Waals surface area contributed by atoms with E-state index in [1.165, 1.54) is 0 Å². The number of tetrazole rings is 1. The van der Waals surface area contributed by atoms with E-state index in [4.69, 9.17) is 4.74 Å². The number of carbonyl (C=O) groups is 2. The molecule has 1 aromatic heterocycles. The van der Waals surface area contributed by atoms with Crippen LogP contribution < -0.4 is 4.74 Å². The minimum atomic E-state index is -0.548. The molecular weight excluding hydrogens is 396 g/mol. The smallest absolute Gasteiger partial charge is 0.247 e. The number of hydrogen-bond acceptors (Lipinski definition) is 6. The number of methoxy groups -OCH3 is 1. The fourth-order valence-corrected chi connectivity index (χ4v) is 3.93. The third-order valence-corrected chi connectivity index (χ3v) is 6.08. The third kappa shape index (κ3) is 5.21. The van der Waals surface area contributed by atoms with Crippen molar-refractivity contribution >= 4 is 11.8 Å². The van der Waals surface area contributed by atoms with Crippen molar-refractivity contribution in [2.24, 2.45) is 5.92 Å². The lowest BCUT2D eigenvalue weighted by atomic mass is 9.94. The molecule has 2 heterocycles. The normalized spacial score (nSPS) is 15.7. The number of aromatic nitrogens is 4. The summed E-state index contributed by atoms with van der Waals surface area (Å²) in [7, 11) is 3.46. The molecule has 2 aromatic rings. The minimum absolute atomic E-state index is 0.0265. The summed E-state index contributed by atoms with van der Waals surface area (Å²) >= 11 is 0. The van der Waals surface area contributed by atoms with E-state index in [0.717, 1.165) is 11.3 Å². The summed E-state index contributed by atoms with van der Waals surface area (Å²) in [6.45, 7) is 6.91. The Morgan fingerprint density at radius 1 is 1.26 bits per heavy atom. The molecule has 1 atom stereocenters. The van der Waals surface area contributed by atoms with Crippen LogP contribution in [0.5, 0.6) is 5.75 Å². The van der Waals surface area contributed by atoms with Crippen molar-refractivity contribution in [2.45, 2.75) is 52.1 Å². The molecule has 0 N–H and O–H groups in total. The van der Waals surface area contributed by atoms with Gasteiger partial charge in [0.05, 0.1) is 7.11 Å². The van der Waals surface area contributed by atoms with Crippen LogP contribution in [0.3, 0.4) is 0 Å². The maximum absolute atomic E-state index is 13.5. The summed E-state index contributed by atoms with van der Waals surface area (Å²) in [5.41, 5.74) is 0.969. The van der Waals surface area contributed by atoms with Crippen LogP contribution in [-0.2, 0) is 16.0 Å². The Balaban J connectivity index is 1.74. The van der Waals surface area contributed by atoms with Crippen LogP contribution >= 0.6 is 0 Å². The van der Waals surface area contributed by atoms with Crippen molar-refractivity contribution in [3.63, 3.8) is 0 Å². The highest BCUT2D eigenvalue weighted by molar-refractivity contribution is 5.82. The van der Waals surface area contributed by atoms with Gasteiger partial charge in [-0.2, -0.15) is 0 Å². The van der Waals surface area contributed by atoms with E-state index in [-0.39, 0.29) is 23.8 Å². The molecule has 1 unspecified atom stereocenters. The number of benzene rings is 1. The molecule has 0 aliphatic carbocycles. The second kappa shape index (κ2) is 9.89. The third-order valence-electron chi connectivity index (χ3n) is 6.08. The van der Waals surface area contributed by atoms with Crippen molar-refractivity contribution in [1.82, 2.24) is 30.0 Å². The monoisotopic (exact) mass is 428 g/mol. The van der Waals surface area contributed by atoms with Crippen molar-refractivity contribution < 1.29 is 14.3 Å². The van der Waals surface area contributed by atoms with Crippen LogP contribution in [0.25, 0.3) is 0 Å². The predicted octanol–water partition coefficient (Wildman–Crippen LogP) is 1.88. The molecular formula is C22H32N6O3. The van der Waals surface area contributed by atoms with Gasteiger partial charge in [0.25, 0.3) is 0 Å². The van der Waals surface area contributed by atoms with Crippen molar-refractivity contribution in [2.75, 3.05) is 27.2 Å². The maximum Gasteiger partial charge on any atom is 0.247 e. The molecule has 1 aliphatic heterocycles. The zero-order chi connectivity index (χ0) is 22.5. The van der Waals surface area contributed by atoms with E-state index in [1.54, 1.807) is 23.6 Å². The van der Waals surface area contributed by atoms with Gasteiger partial charge < -0.3 is 14.5 Å². The van der Waals surface area contributed by atoms with Crippen molar-refractivity contribution in [3.05, 3.63) is 35.7 Å². The number of hydrogen-bond donors (Lipinski definition) is 0. The summed E-state index contributed by atoms with van der Waals surface area (Å²) in [6, 6.07) is 7.29. The lowest BCUT2D eigenvalue weighted by Crippen LogP contribution is -2.47. The molecule has 1 aliphatic rings. The Morgan fingerprint density at radius 3 is 2.55 bits per heavy atom. The SMILES string of the molecule is COc1cccc(CC(C(=O)N2CCC(C(=O)N(C)C(C)C)CC2)n2nnnc2C)c1. The Kier molecular flexibility index (Phi) is 7.25. The largest absolute Gasteiger partial charge is 0.497 e. The summed E-state index contributed by atoms with van der Waals surface area (Å²) in [5, 5.41) is 11.8. The summed E-state index contributed by atoms with van der Waals surface area (Å²) in [5.74, 6) is 1.42. The van der Waals surface area contributed by atoms with Crippen LogP contribution in [0.2, 0.25) is 0 Å². The number of nitrogens with zero attached hydrogens (tertiary/aromatic N) is 6. The number of likely N-dealkylation sites (tertiary alicyclic amines) is 1. The van der Waals surface area contributed by atoms with Gasteiger partial charge in [0.2, 0.25) is 11.8 Å². The predicted molar refractivity (Wildman–Crippen MR) is 115 cm³/mol. The molecule has 1 fully saturated rings. The fraction of sp³-hybridized carbons (Fsp3) is 0.591. The Hall–Kier alpha value is -2.97. The molecule has 1 saturated heterocycles. The lowest BCUT2D eigenvalue weighted by molar-refractivity contribution is -0.142. The van der Waals surface area contributed by atoms with Gasteiger partial charge >= 0.3 is 0 Å². The average Bonchev–Trinajstić information content (AvgIpc) is 3.21. The number of amides is 2. The number of piperidine rings is 1. The first-order valence-electron chi connectivity index (χ1n) is 10.7. The van der Waals surface area contributed by atoms with Crippen LogP contribution in [-0.4, -0.2) is 75.1 Å². The quantitative estimate of drug-likeness (QED) is 0.668. The number of carbonyl (C=O) groups excluding carboxylic acids is 2. The van der Waals surface area contributed by atoms with Crippen molar-refractivity contribution in [1.29, 1.82) is 0 Å². The molecule has 3 rings (SSSR count). The van der Waals surface area contributed by atoms with Crippen molar-refractivity contribution in [3.8, 4) is 5.75 Å². The average molecular weight is 429 g/mol. The summed E-state index contributed by atoms with van der Waals surface area (Å²) in [4.78, 5) is 29.8. The number of rotatable bonds is 7. The van der Waals surface area contributed by atoms with E-state index in [1.807, 2.05) is 50.1 Å². The van der Waals surface area contributed by atoms with E-state index in [9.17, 15) is 9.59 Å². The van der Waals surface area contributed by atoms with Gasteiger partial charge in [0.1, 0.15) is 17.6 Å². The Labute approximate surface area is 183 Å². The van der Waals surface area contributed by atoms with E-state index >= 15 is 0 Å². The molecule has 9 nitrogen and oxygen atoms in total. The minimum Gasteiger partial charge on any atom is -0.497 e. The van der Waals surface area contributed by atoms with Crippen LogP contribution in [0.4, 0.5) is 0 Å². The Morgan fingerprint density at radius 2 is 1.97 bits per heavy atom. The molecule has 0 radical (unpaired) electrons. The van der Waals surface area contributed by atoms with Gasteiger partial charge in [-0.1, -0.05) is 12.1 Å². The zero-order valence-corrected chi connectivity index (χ0v) is 19.0. The van der Waals surface area contributed by atoms with Gasteiger partial charge in [0, 0.05) is 38.5 Å². The highest BCUT2D eigenvalue weighted by Crippen LogP contribution is 2.25. The summed E-state index contributed by atoms with van der Waals surface area (Å²) in [6.07, 6.45) is 1.79. The first-order chi connectivity index (χ1) is 14.8. The molecule has 1 aromatic carbocycles. The maximum atomic E-state index is 13.5. The van der Waals surface area contributed by atoms with Gasteiger partial charge in [-0.15, -0.1) is 5.10 Å². The number of aryl methyl sites for hydroxylation is 1. The van der Waals surface area contributed by atoms with Gasteiger partial charge in [-0.25, -0.2) is 4.68 Å². The van der Waals surface area contributed by atoms with Gasteiger partial charge in [-0.3, -0.25) is 9.59 Å². The Bertz CT molecular complexity index is 904. The fourth-order valence-electron chi connectivity index (χ4n) is 3.93.